The lowest BCUT2D eigenvalue weighted by Gasteiger charge is -2.10. The van der Waals surface area contributed by atoms with Gasteiger partial charge in [0, 0.05) is 0 Å². The summed E-state index contributed by atoms with van der Waals surface area (Å²) in [6.07, 6.45) is 0. The lowest BCUT2D eigenvalue weighted by Crippen LogP contribution is -1.98. The Morgan fingerprint density at radius 2 is 1.64 bits per heavy atom. The zero-order chi connectivity index (χ0) is 8.48. The minimum atomic E-state index is -1.12. The van der Waals surface area contributed by atoms with Gasteiger partial charge in [0.25, 0.3) is 0 Å². The number of alkyl halides is 3. The molecule has 0 radical (unpaired) electrons. The van der Waals surface area contributed by atoms with E-state index >= 15 is 0 Å². The van der Waals surface area contributed by atoms with E-state index in [0.717, 1.165) is 0 Å². The van der Waals surface area contributed by atoms with E-state index in [4.69, 9.17) is 23.2 Å². The van der Waals surface area contributed by atoms with Gasteiger partial charge in [0.15, 0.2) is 3.24 Å². The Bertz CT molecular complexity index is 240. The molecule has 11 heavy (non-hydrogen) atoms. The van der Waals surface area contributed by atoms with Crippen LogP contribution in [0.3, 0.4) is 0 Å². The van der Waals surface area contributed by atoms with Crippen LogP contribution >= 0.6 is 39.1 Å². The summed E-state index contributed by atoms with van der Waals surface area (Å²) in [7, 11) is 0. The highest BCUT2D eigenvalue weighted by Crippen LogP contribution is 2.39. The summed E-state index contributed by atoms with van der Waals surface area (Å²) in [5, 5.41) is 0. The predicted molar refractivity (Wildman–Crippen MR) is 48.7 cm³/mol. The van der Waals surface area contributed by atoms with Crippen LogP contribution in [0, 0.1) is 5.82 Å². The number of hydrogen-bond donors (Lipinski definition) is 0. The Balaban J connectivity index is 2.99. The third kappa shape index (κ3) is 2.62. The van der Waals surface area contributed by atoms with Crippen molar-refractivity contribution in [1.29, 1.82) is 0 Å². The van der Waals surface area contributed by atoms with Gasteiger partial charge in [0.1, 0.15) is 5.82 Å². The van der Waals surface area contributed by atoms with E-state index in [2.05, 4.69) is 15.9 Å². The first-order valence-electron chi connectivity index (χ1n) is 2.83. The van der Waals surface area contributed by atoms with Gasteiger partial charge in [-0.15, -0.1) is 0 Å². The maximum Gasteiger partial charge on any atom is 0.197 e. The van der Waals surface area contributed by atoms with Crippen molar-refractivity contribution < 1.29 is 4.39 Å². The van der Waals surface area contributed by atoms with Crippen LogP contribution in [0.15, 0.2) is 24.3 Å². The summed E-state index contributed by atoms with van der Waals surface area (Å²) in [5.41, 5.74) is 0.613. The molecule has 0 bridgehead atoms. The third-order valence-electron chi connectivity index (χ3n) is 1.17. The smallest absolute Gasteiger partial charge is 0.197 e. The topological polar surface area (TPSA) is 0 Å². The molecule has 1 rings (SSSR count). The molecule has 0 N–H and O–H groups in total. The fourth-order valence-electron chi connectivity index (χ4n) is 0.639. The van der Waals surface area contributed by atoms with Crippen molar-refractivity contribution in [2.24, 2.45) is 0 Å². The highest BCUT2D eigenvalue weighted by Gasteiger charge is 2.21. The Kier molecular flexibility index (Phi) is 2.79. The fourth-order valence-corrected chi connectivity index (χ4v) is 1.16. The molecule has 0 saturated heterocycles. The molecule has 1 aromatic rings. The van der Waals surface area contributed by atoms with Gasteiger partial charge < -0.3 is 0 Å². The minimum absolute atomic E-state index is 0.307. The van der Waals surface area contributed by atoms with E-state index in [1.807, 2.05) is 0 Å². The number of halogens is 4. The number of benzene rings is 1. The third-order valence-corrected chi connectivity index (χ3v) is 2.07. The van der Waals surface area contributed by atoms with E-state index in [1.165, 1.54) is 24.3 Å². The van der Waals surface area contributed by atoms with E-state index in [9.17, 15) is 4.39 Å². The van der Waals surface area contributed by atoms with Gasteiger partial charge in [-0.25, -0.2) is 4.39 Å². The lowest BCUT2D eigenvalue weighted by atomic mass is 10.2. The van der Waals surface area contributed by atoms with Gasteiger partial charge in [-0.2, -0.15) is 0 Å². The second-order valence-electron chi connectivity index (χ2n) is 2.00. The molecule has 1 aromatic carbocycles. The van der Waals surface area contributed by atoms with Crippen LogP contribution in [0.2, 0.25) is 0 Å². The van der Waals surface area contributed by atoms with Crippen LogP contribution in [0.4, 0.5) is 4.39 Å². The Labute approximate surface area is 82.4 Å². The van der Waals surface area contributed by atoms with E-state index < -0.39 is 3.24 Å². The monoisotopic (exact) mass is 256 g/mol. The maximum absolute atomic E-state index is 12.4. The summed E-state index contributed by atoms with van der Waals surface area (Å²) < 4.78 is 11.2. The van der Waals surface area contributed by atoms with E-state index in [1.54, 1.807) is 0 Å². The summed E-state index contributed by atoms with van der Waals surface area (Å²) in [5.74, 6) is -0.307. The molecular formula is C7H4BrCl2F. The van der Waals surface area contributed by atoms with Crippen molar-refractivity contribution in [2.75, 3.05) is 0 Å². The van der Waals surface area contributed by atoms with Crippen molar-refractivity contribution in [1.82, 2.24) is 0 Å². The number of hydrogen-bond acceptors (Lipinski definition) is 0. The standard InChI is InChI=1S/C7H4BrCl2F/c8-7(9,10)5-1-3-6(11)4-2-5/h1-4H. The van der Waals surface area contributed by atoms with Crippen LogP contribution in [-0.2, 0) is 3.24 Å². The molecule has 0 aliphatic rings. The van der Waals surface area contributed by atoms with Gasteiger partial charge in [0.05, 0.1) is 0 Å². The van der Waals surface area contributed by atoms with Gasteiger partial charge in [-0.3, -0.25) is 0 Å². The average molecular weight is 258 g/mol. The summed E-state index contributed by atoms with van der Waals surface area (Å²) in [6.45, 7) is 0. The first-order chi connectivity index (χ1) is 5.00. The molecule has 0 fully saturated rings. The number of rotatable bonds is 1. The first kappa shape index (κ1) is 9.30. The van der Waals surface area contributed by atoms with Crippen molar-refractivity contribution >= 4 is 39.1 Å². The molecule has 0 saturated carbocycles. The van der Waals surface area contributed by atoms with Crippen LogP contribution in [0.1, 0.15) is 5.56 Å². The molecule has 4 heteroatoms. The molecule has 0 unspecified atom stereocenters. The summed E-state index contributed by atoms with van der Waals surface area (Å²) >= 11 is 14.4. The highest BCUT2D eigenvalue weighted by molar-refractivity contribution is 9.10. The molecule has 0 heterocycles. The van der Waals surface area contributed by atoms with Crippen molar-refractivity contribution in [3.63, 3.8) is 0 Å². The highest BCUT2D eigenvalue weighted by atomic mass is 79.9. The van der Waals surface area contributed by atoms with E-state index in [-0.39, 0.29) is 5.82 Å². The normalized spacial score (nSPS) is 11.6. The van der Waals surface area contributed by atoms with Crippen LogP contribution in [0.5, 0.6) is 0 Å². The molecule has 60 valence electrons. The summed E-state index contributed by atoms with van der Waals surface area (Å²) in [4.78, 5) is 0. The molecule has 0 aliphatic heterocycles. The summed E-state index contributed by atoms with van der Waals surface area (Å²) in [6, 6.07) is 5.64. The fraction of sp³-hybridized carbons (Fsp3) is 0.143. The quantitative estimate of drug-likeness (QED) is 0.672. The minimum Gasteiger partial charge on any atom is -0.207 e. The van der Waals surface area contributed by atoms with Gasteiger partial charge >= 0.3 is 0 Å². The van der Waals surface area contributed by atoms with Crippen molar-refractivity contribution in [3.05, 3.63) is 35.6 Å². The Morgan fingerprint density at radius 3 is 2.00 bits per heavy atom. The van der Waals surface area contributed by atoms with Crippen molar-refractivity contribution in [3.8, 4) is 0 Å². The second kappa shape index (κ2) is 3.30. The molecule has 0 atom stereocenters. The molecule has 0 nitrogen and oxygen atoms in total. The van der Waals surface area contributed by atoms with Crippen LogP contribution in [-0.4, -0.2) is 0 Å². The zero-order valence-electron chi connectivity index (χ0n) is 5.32. The first-order valence-corrected chi connectivity index (χ1v) is 4.38. The molecule has 0 aromatic heterocycles. The van der Waals surface area contributed by atoms with Crippen LogP contribution in [0.25, 0.3) is 0 Å². The second-order valence-corrected chi connectivity index (χ2v) is 5.43. The zero-order valence-corrected chi connectivity index (χ0v) is 8.42. The molecule has 0 spiro atoms. The Hall–Kier alpha value is 0.210. The van der Waals surface area contributed by atoms with Crippen LogP contribution < -0.4 is 0 Å². The largest absolute Gasteiger partial charge is 0.207 e. The molecular weight excluding hydrogens is 254 g/mol. The maximum atomic E-state index is 12.4. The van der Waals surface area contributed by atoms with Gasteiger partial charge in [0.2, 0.25) is 0 Å². The van der Waals surface area contributed by atoms with Gasteiger partial charge in [-0.1, -0.05) is 35.3 Å². The average Bonchev–Trinajstić information content (AvgIpc) is 1.86. The molecule has 0 amide bonds. The van der Waals surface area contributed by atoms with E-state index in [0.29, 0.717) is 5.56 Å². The lowest BCUT2D eigenvalue weighted by molar-refractivity contribution is 0.627. The molecule has 0 aliphatic carbocycles. The SMILES string of the molecule is Fc1ccc(C(Cl)(Cl)Br)cc1. The Morgan fingerprint density at radius 1 is 1.18 bits per heavy atom. The van der Waals surface area contributed by atoms with Gasteiger partial charge in [-0.05, 0) is 33.6 Å². The van der Waals surface area contributed by atoms with Crippen molar-refractivity contribution in [2.45, 2.75) is 3.24 Å². The predicted octanol–water partition coefficient (Wildman–Crippen LogP) is 3.81.